The normalized spacial score (nSPS) is 12.0. The third kappa shape index (κ3) is 2.17. The second kappa shape index (κ2) is 4.97. The zero-order chi connectivity index (χ0) is 13.9. The monoisotopic (exact) mass is 264 g/mol. The van der Waals surface area contributed by atoms with Crippen molar-refractivity contribution in [1.29, 1.82) is 5.26 Å². The number of hydrogen-bond donors (Lipinski definition) is 1. The Hall–Kier alpha value is -2.94. The molecule has 0 amide bonds. The molecule has 1 atom stereocenters. The number of rotatable bonds is 3. The third-order valence-corrected chi connectivity index (χ3v) is 3.11. The Balaban J connectivity index is 1.86. The lowest BCUT2D eigenvalue weighted by atomic mass is 10.1. The van der Waals surface area contributed by atoms with E-state index >= 15 is 0 Å². The Bertz CT molecular complexity index is 768. The summed E-state index contributed by atoms with van der Waals surface area (Å²) in [4.78, 5) is 4.29. The predicted molar refractivity (Wildman–Crippen MR) is 74.0 cm³/mol. The average molecular weight is 264 g/mol. The Morgan fingerprint density at radius 2 is 2.10 bits per heavy atom. The van der Waals surface area contributed by atoms with Gasteiger partial charge >= 0.3 is 0 Å². The summed E-state index contributed by atoms with van der Waals surface area (Å²) in [5.41, 5.74) is 2.42. The van der Waals surface area contributed by atoms with Crippen molar-refractivity contribution in [3.63, 3.8) is 0 Å². The van der Waals surface area contributed by atoms with Crippen LogP contribution in [0.15, 0.2) is 43.0 Å². The van der Waals surface area contributed by atoms with Crippen LogP contribution in [0.1, 0.15) is 24.1 Å². The number of hydrogen-bond acceptors (Lipinski definition) is 5. The minimum absolute atomic E-state index is 0.0538. The number of nitrogens with zero attached hydrogens (tertiary/aromatic N) is 5. The third-order valence-electron chi connectivity index (χ3n) is 3.11. The summed E-state index contributed by atoms with van der Waals surface area (Å²) in [7, 11) is 0. The van der Waals surface area contributed by atoms with E-state index in [1.807, 2.05) is 19.1 Å². The van der Waals surface area contributed by atoms with Gasteiger partial charge in [0.05, 0.1) is 17.7 Å². The molecule has 2 aromatic heterocycles. The van der Waals surface area contributed by atoms with Crippen molar-refractivity contribution in [3.05, 3.63) is 54.1 Å². The van der Waals surface area contributed by atoms with E-state index in [2.05, 4.69) is 26.6 Å². The van der Waals surface area contributed by atoms with Gasteiger partial charge in [0.2, 0.25) is 5.65 Å². The Morgan fingerprint density at radius 3 is 2.85 bits per heavy atom. The van der Waals surface area contributed by atoms with E-state index in [4.69, 9.17) is 5.26 Å². The largest absolute Gasteiger partial charge is 0.360 e. The van der Waals surface area contributed by atoms with E-state index in [1.165, 1.54) is 0 Å². The lowest BCUT2D eigenvalue weighted by molar-refractivity contribution is 0.872. The number of aromatic nitrogens is 4. The van der Waals surface area contributed by atoms with Gasteiger partial charge in [0.15, 0.2) is 5.82 Å². The van der Waals surface area contributed by atoms with Gasteiger partial charge in [-0.15, -0.1) is 10.2 Å². The van der Waals surface area contributed by atoms with Gasteiger partial charge < -0.3 is 5.32 Å². The van der Waals surface area contributed by atoms with Crippen LogP contribution >= 0.6 is 0 Å². The quantitative estimate of drug-likeness (QED) is 0.784. The van der Waals surface area contributed by atoms with E-state index < -0.39 is 0 Å². The van der Waals surface area contributed by atoms with E-state index in [-0.39, 0.29) is 6.04 Å². The lowest BCUT2D eigenvalue weighted by Crippen LogP contribution is -2.09. The fraction of sp³-hybridized carbons (Fsp3) is 0.143. The summed E-state index contributed by atoms with van der Waals surface area (Å²) in [5.74, 6) is 0.682. The van der Waals surface area contributed by atoms with Crippen LogP contribution in [0.5, 0.6) is 0 Å². The average Bonchev–Trinajstić information content (AvgIpc) is 2.97. The molecule has 1 aromatic carbocycles. The second-order valence-electron chi connectivity index (χ2n) is 4.44. The summed E-state index contributed by atoms with van der Waals surface area (Å²) in [6.45, 7) is 2.03. The summed E-state index contributed by atoms with van der Waals surface area (Å²) in [6.07, 6.45) is 5.13. The first-order valence-corrected chi connectivity index (χ1v) is 6.19. The van der Waals surface area contributed by atoms with Crippen molar-refractivity contribution in [2.24, 2.45) is 0 Å². The van der Waals surface area contributed by atoms with Crippen molar-refractivity contribution in [3.8, 4) is 6.07 Å². The number of fused-ring (bicyclic) bond motifs is 1. The molecule has 6 heteroatoms. The fourth-order valence-electron chi connectivity index (χ4n) is 2.00. The van der Waals surface area contributed by atoms with Gasteiger partial charge in [-0.25, -0.2) is 4.98 Å². The van der Waals surface area contributed by atoms with Crippen LogP contribution in [-0.2, 0) is 0 Å². The molecule has 0 fully saturated rings. The lowest BCUT2D eigenvalue weighted by Gasteiger charge is -2.15. The molecule has 0 spiro atoms. The van der Waals surface area contributed by atoms with Crippen molar-refractivity contribution < 1.29 is 0 Å². The van der Waals surface area contributed by atoms with Crippen molar-refractivity contribution in [2.75, 3.05) is 5.32 Å². The Kier molecular flexibility index (Phi) is 3.01. The highest BCUT2D eigenvalue weighted by Crippen LogP contribution is 2.20. The van der Waals surface area contributed by atoms with Crippen LogP contribution in [0.4, 0.5) is 5.82 Å². The van der Waals surface area contributed by atoms with E-state index in [1.54, 1.807) is 35.3 Å². The molecule has 0 saturated carbocycles. The molecule has 1 N–H and O–H groups in total. The van der Waals surface area contributed by atoms with E-state index in [9.17, 15) is 0 Å². The molecule has 20 heavy (non-hydrogen) atoms. The molecule has 3 aromatic rings. The zero-order valence-electron chi connectivity index (χ0n) is 10.9. The molecule has 98 valence electrons. The number of nitrogens with one attached hydrogen (secondary N) is 1. The highest BCUT2D eigenvalue weighted by molar-refractivity contribution is 5.62. The highest BCUT2D eigenvalue weighted by atomic mass is 15.2. The topological polar surface area (TPSA) is 78.9 Å². The maximum Gasteiger partial charge on any atom is 0.203 e. The maximum absolute atomic E-state index is 8.80. The first kappa shape index (κ1) is 12.1. The molecule has 0 radical (unpaired) electrons. The molecule has 0 bridgehead atoms. The Morgan fingerprint density at radius 1 is 1.30 bits per heavy atom. The SMILES string of the molecule is CC(Nc1nccn2cnnc12)c1ccc(C#N)cc1. The van der Waals surface area contributed by atoms with Gasteiger partial charge in [0.1, 0.15) is 6.33 Å². The van der Waals surface area contributed by atoms with Crippen molar-refractivity contribution in [1.82, 2.24) is 19.6 Å². The van der Waals surface area contributed by atoms with E-state index in [0.29, 0.717) is 17.0 Å². The summed E-state index contributed by atoms with van der Waals surface area (Å²) < 4.78 is 1.81. The molecule has 6 nitrogen and oxygen atoms in total. The fourth-order valence-corrected chi connectivity index (χ4v) is 2.00. The summed E-state index contributed by atoms with van der Waals surface area (Å²) in [5, 5.41) is 20.0. The van der Waals surface area contributed by atoms with Crippen LogP contribution < -0.4 is 5.32 Å². The van der Waals surface area contributed by atoms with Crippen LogP contribution in [0.3, 0.4) is 0 Å². The highest BCUT2D eigenvalue weighted by Gasteiger charge is 2.10. The number of anilines is 1. The molecule has 0 aliphatic heterocycles. The van der Waals surface area contributed by atoms with Gasteiger partial charge in [-0.2, -0.15) is 5.26 Å². The number of benzene rings is 1. The Labute approximate surface area is 115 Å². The minimum atomic E-state index is 0.0538. The van der Waals surface area contributed by atoms with Gasteiger partial charge in [-0.3, -0.25) is 4.40 Å². The standard InChI is InChI=1S/C14H12N6/c1-10(12-4-2-11(8-15)3-5-12)18-13-14-19-17-9-20(14)7-6-16-13/h2-7,9-10H,1H3,(H,16,18). The molecule has 0 aliphatic carbocycles. The van der Waals surface area contributed by atoms with Crippen molar-refractivity contribution in [2.45, 2.75) is 13.0 Å². The first-order valence-electron chi connectivity index (χ1n) is 6.19. The van der Waals surface area contributed by atoms with E-state index in [0.717, 1.165) is 5.56 Å². The summed E-state index contributed by atoms with van der Waals surface area (Å²) in [6, 6.07) is 9.63. The van der Waals surface area contributed by atoms with Crippen LogP contribution in [-0.4, -0.2) is 19.6 Å². The molecule has 0 saturated heterocycles. The molecule has 0 aliphatic rings. The predicted octanol–water partition coefficient (Wildman–Crippen LogP) is 2.17. The second-order valence-corrected chi connectivity index (χ2v) is 4.44. The van der Waals surface area contributed by atoms with Crippen LogP contribution in [0.25, 0.3) is 5.65 Å². The van der Waals surface area contributed by atoms with Gasteiger partial charge in [-0.1, -0.05) is 12.1 Å². The van der Waals surface area contributed by atoms with Crippen LogP contribution in [0, 0.1) is 11.3 Å². The smallest absolute Gasteiger partial charge is 0.203 e. The molecular weight excluding hydrogens is 252 g/mol. The van der Waals surface area contributed by atoms with Crippen molar-refractivity contribution >= 4 is 11.5 Å². The van der Waals surface area contributed by atoms with Gasteiger partial charge in [0.25, 0.3) is 0 Å². The maximum atomic E-state index is 8.80. The molecule has 2 heterocycles. The van der Waals surface area contributed by atoms with Gasteiger partial charge in [-0.05, 0) is 24.6 Å². The minimum Gasteiger partial charge on any atom is -0.360 e. The summed E-state index contributed by atoms with van der Waals surface area (Å²) >= 11 is 0. The van der Waals surface area contributed by atoms with Crippen LogP contribution in [0.2, 0.25) is 0 Å². The zero-order valence-corrected chi connectivity index (χ0v) is 10.9. The number of nitriles is 1. The first-order chi connectivity index (χ1) is 9.78. The molecule has 3 rings (SSSR count). The van der Waals surface area contributed by atoms with Gasteiger partial charge in [0, 0.05) is 12.4 Å². The molecular formula is C14H12N6. The molecule has 1 unspecified atom stereocenters.